The molecule has 1 saturated heterocycles. The van der Waals surface area contributed by atoms with Gasteiger partial charge in [0.2, 0.25) is 0 Å². The number of nitrogens with zero attached hydrogens (tertiary/aromatic N) is 2. The predicted molar refractivity (Wildman–Crippen MR) is 71.3 cm³/mol. The van der Waals surface area contributed by atoms with E-state index in [9.17, 15) is 9.65 Å². The van der Waals surface area contributed by atoms with Crippen LogP contribution in [0.5, 0.6) is 0 Å². The van der Waals surface area contributed by atoms with Gasteiger partial charge in [0.15, 0.2) is 0 Å². The third-order valence-corrected chi connectivity index (χ3v) is 3.54. The summed E-state index contributed by atoms with van der Waals surface area (Å²) in [7, 11) is 0. The molecule has 2 rings (SSSR count). The van der Waals surface area contributed by atoms with Crippen molar-refractivity contribution in [3.05, 3.63) is 34.6 Å². The summed E-state index contributed by atoms with van der Waals surface area (Å²) in [6, 6.07) is 5.96. The Hall–Kier alpha value is -1.15. The van der Waals surface area contributed by atoms with E-state index in [2.05, 4.69) is 6.07 Å². The van der Waals surface area contributed by atoms with E-state index in [1.807, 2.05) is 18.7 Å². The molecule has 1 heterocycles. The number of halogens is 2. The van der Waals surface area contributed by atoms with Gasteiger partial charge in [0.05, 0.1) is 18.3 Å². The maximum atomic E-state index is 13.9. The van der Waals surface area contributed by atoms with Crippen molar-refractivity contribution in [1.29, 1.82) is 5.26 Å². The zero-order valence-electron chi connectivity index (χ0n) is 10.9. The number of hydrogen-bond acceptors (Lipinski definition) is 3. The highest BCUT2D eigenvalue weighted by molar-refractivity contribution is 6.31. The van der Waals surface area contributed by atoms with Gasteiger partial charge >= 0.3 is 0 Å². The van der Waals surface area contributed by atoms with Crippen molar-refractivity contribution in [1.82, 2.24) is 4.90 Å². The smallest absolute Gasteiger partial charge is 0.130 e. The van der Waals surface area contributed by atoms with Crippen LogP contribution in [0.2, 0.25) is 5.02 Å². The van der Waals surface area contributed by atoms with Gasteiger partial charge < -0.3 is 4.74 Å². The molecule has 1 aromatic rings. The van der Waals surface area contributed by atoms with Gasteiger partial charge in [-0.05, 0) is 26.0 Å². The molecule has 0 aromatic heterocycles. The van der Waals surface area contributed by atoms with Crippen molar-refractivity contribution in [2.24, 2.45) is 0 Å². The summed E-state index contributed by atoms with van der Waals surface area (Å²) in [5.41, 5.74) is 0.257. The second-order valence-corrected chi connectivity index (χ2v) is 5.29. The summed E-state index contributed by atoms with van der Waals surface area (Å²) in [4.78, 5) is 1.92. The number of rotatable bonds is 2. The Morgan fingerprint density at radius 1 is 1.42 bits per heavy atom. The van der Waals surface area contributed by atoms with Gasteiger partial charge in [0, 0.05) is 23.7 Å². The first-order valence-electron chi connectivity index (χ1n) is 6.26. The highest BCUT2D eigenvalue weighted by Crippen LogP contribution is 2.31. The highest BCUT2D eigenvalue weighted by atomic mass is 35.5. The Morgan fingerprint density at radius 3 is 2.58 bits per heavy atom. The van der Waals surface area contributed by atoms with Gasteiger partial charge in [0.1, 0.15) is 11.9 Å². The zero-order chi connectivity index (χ0) is 14.0. The second-order valence-electron chi connectivity index (χ2n) is 4.88. The van der Waals surface area contributed by atoms with Crippen LogP contribution in [-0.2, 0) is 4.74 Å². The van der Waals surface area contributed by atoms with Crippen molar-refractivity contribution in [2.45, 2.75) is 32.1 Å². The van der Waals surface area contributed by atoms with E-state index >= 15 is 0 Å². The molecule has 0 amide bonds. The summed E-state index contributed by atoms with van der Waals surface area (Å²) >= 11 is 6.05. The fourth-order valence-electron chi connectivity index (χ4n) is 2.53. The van der Waals surface area contributed by atoms with Crippen LogP contribution in [0.15, 0.2) is 18.2 Å². The van der Waals surface area contributed by atoms with Crippen molar-refractivity contribution < 1.29 is 9.13 Å². The summed E-state index contributed by atoms with van der Waals surface area (Å²) < 4.78 is 19.6. The molecule has 1 fully saturated rings. The Morgan fingerprint density at radius 2 is 2.05 bits per heavy atom. The lowest BCUT2D eigenvalue weighted by molar-refractivity contribution is -0.0752. The maximum Gasteiger partial charge on any atom is 0.130 e. The molecule has 1 aliphatic heterocycles. The van der Waals surface area contributed by atoms with E-state index in [0.29, 0.717) is 18.1 Å². The fraction of sp³-hybridized carbons (Fsp3) is 0.500. The Balaban J connectivity index is 2.32. The normalized spacial score (nSPS) is 25.8. The molecule has 0 aliphatic carbocycles. The minimum Gasteiger partial charge on any atom is -0.373 e. The minimum absolute atomic E-state index is 0.0187. The van der Waals surface area contributed by atoms with Crippen molar-refractivity contribution in [3.63, 3.8) is 0 Å². The van der Waals surface area contributed by atoms with E-state index in [-0.39, 0.29) is 17.8 Å². The quantitative estimate of drug-likeness (QED) is 0.836. The monoisotopic (exact) mass is 282 g/mol. The first-order valence-corrected chi connectivity index (χ1v) is 6.63. The average Bonchev–Trinajstić information content (AvgIpc) is 2.32. The maximum absolute atomic E-state index is 13.9. The largest absolute Gasteiger partial charge is 0.373 e. The molecule has 19 heavy (non-hydrogen) atoms. The molecule has 5 heteroatoms. The average molecular weight is 283 g/mol. The molecule has 0 saturated carbocycles. The molecule has 0 bridgehead atoms. The molecule has 0 spiro atoms. The van der Waals surface area contributed by atoms with Gasteiger partial charge in [-0.1, -0.05) is 17.7 Å². The SMILES string of the molecule is C[C@H]1CN([C@@H](C#N)c2c(F)cccc2Cl)C[C@H](C)O1. The van der Waals surface area contributed by atoms with Crippen LogP contribution in [0.3, 0.4) is 0 Å². The molecule has 3 nitrogen and oxygen atoms in total. The molecule has 0 N–H and O–H groups in total. The number of nitriles is 1. The van der Waals surface area contributed by atoms with Crippen molar-refractivity contribution >= 4 is 11.6 Å². The predicted octanol–water partition coefficient (Wildman–Crippen LogP) is 3.15. The molecule has 3 atom stereocenters. The number of benzene rings is 1. The molecular formula is C14H16ClFN2O. The summed E-state index contributed by atoms with van der Waals surface area (Å²) in [5.74, 6) is -0.439. The van der Waals surface area contributed by atoms with E-state index in [1.165, 1.54) is 6.07 Å². The second kappa shape index (κ2) is 5.87. The lowest BCUT2D eigenvalue weighted by atomic mass is 10.0. The minimum atomic E-state index is -0.678. The van der Waals surface area contributed by atoms with Crippen LogP contribution in [-0.4, -0.2) is 30.2 Å². The lowest BCUT2D eigenvalue weighted by Crippen LogP contribution is -2.46. The van der Waals surface area contributed by atoms with Gasteiger partial charge in [-0.15, -0.1) is 0 Å². The third-order valence-electron chi connectivity index (χ3n) is 3.21. The number of ether oxygens (including phenoxy) is 1. The Bertz CT molecular complexity index is 472. The highest BCUT2D eigenvalue weighted by Gasteiger charge is 2.31. The summed E-state index contributed by atoms with van der Waals surface area (Å²) in [6.45, 7) is 5.07. The number of hydrogen-bond donors (Lipinski definition) is 0. The van der Waals surface area contributed by atoms with Crippen LogP contribution in [0.4, 0.5) is 4.39 Å². The van der Waals surface area contributed by atoms with E-state index < -0.39 is 11.9 Å². The van der Waals surface area contributed by atoms with Crippen LogP contribution >= 0.6 is 11.6 Å². The standard InChI is InChI=1S/C14H16ClFN2O/c1-9-7-18(8-10(2)19-9)13(6-17)14-11(15)4-3-5-12(14)16/h3-5,9-10,13H,7-8H2,1-2H3/t9-,10-,13-/m0/s1. The van der Waals surface area contributed by atoms with Gasteiger partial charge in [-0.2, -0.15) is 5.26 Å². The fourth-order valence-corrected chi connectivity index (χ4v) is 2.80. The Labute approximate surface area is 117 Å². The third kappa shape index (κ3) is 3.06. The molecule has 102 valence electrons. The van der Waals surface area contributed by atoms with E-state index in [4.69, 9.17) is 16.3 Å². The van der Waals surface area contributed by atoms with Crippen LogP contribution in [0.1, 0.15) is 25.5 Å². The molecular weight excluding hydrogens is 267 g/mol. The Kier molecular flexibility index (Phi) is 4.41. The van der Waals surface area contributed by atoms with Gasteiger partial charge in [0.25, 0.3) is 0 Å². The van der Waals surface area contributed by atoms with E-state index in [1.54, 1.807) is 12.1 Å². The summed E-state index contributed by atoms with van der Waals surface area (Å²) in [5, 5.41) is 9.69. The van der Waals surface area contributed by atoms with Gasteiger partial charge in [-0.3, -0.25) is 4.90 Å². The van der Waals surface area contributed by atoms with Crippen LogP contribution in [0.25, 0.3) is 0 Å². The molecule has 1 aliphatic rings. The van der Waals surface area contributed by atoms with E-state index in [0.717, 1.165) is 0 Å². The molecule has 0 unspecified atom stereocenters. The van der Waals surface area contributed by atoms with Crippen molar-refractivity contribution in [3.8, 4) is 6.07 Å². The summed E-state index contributed by atoms with van der Waals surface area (Å²) in [6.07, 6.45) is 0.0373. The van der Waals surface area contributed by atoms with Crippen LogP contribution in [0, 0.1) is 17.1 Å². The molecule has 0 radical (unpaired) electrons. The molecule has 1 aromatic carbocycles. The lowest BCUT2D eigenvalue weighted by Gasteiger charge is -2.38. The number of morpholine rings is 1. The topological polar surface area (TPSA) is 36.3 Å². The zero-order valence-corrected chi connectivity index (χ0v) is 11.7. The van der Waals surface area contributed by atoms with Crippen molar-refractivity contribution in [2.75, 3.05) is 13.1 Å². The first kappa shape index (κ1) is 14.3. The van der Waals surface area contributed by atoms with Gasteiger partial charge in [-0.25, -0.2) is 4.39 Å². The van der Waals surface area contributed by atoms with Crippen LogP contribution < -0.4 is 0 Å². The first-order chi connectivity index (χ1) is 9.02.